The number of aliphatic hydroxyl groups is 1. The van der Waals surface area contributed by atoms with Gasteiger partial charge in [0.1, 0.15) is 0 Å². The van der Waals surface area contributed by atoms with Crippen LogP contribution in [0.5, 0.6) is 0 Å². The van der Waals surface area contributed by atoms with Crippen molar-refractivity contribution in [2.24, 2.45) is 0 Å². The van der Waals surface area contributed by atoms with Gasteiger partial charge in [0, 0.05) is 0 Å². The summed E-state index contributed by atoms with van der Waals surface area (Å²) in [7, 11) is -2.82. The second-order valence-corrected chi connectivity index (χ2v) is 12.8. The molecule has 0 amide bonds. The molecule has 0 aliphatic rings. The topological polar surface area (TPSA) is 57.6 Å². The minimum Gasteiger partial charge on any atom is -0.476 e. The summed E-state index contributed by atoms with van der Waals surface area (Å²) < 4.78 is 5.06. The lowest BCUT2D eigenvalue weighted by atomic mass is 10.2. The summed E-state index contributed by atoms with van der Waals surface area (Å²) in [5.41, 5.74) is 0. The van der Waals surface area contributed by atoms with Gasteiger partial charge in [0.05, 0.1) is 6.61 Å². The molecule has 0 spiro atoms. The molecule has 0 heterocycles. The summed E-state index contributed by atoms with van der Waals surface area (Å²) in [5, 5.41) is 18.7. The molecule has 0 aliphatic heterocycles. The lowest BCUT2D eigenvalue weighted by Gasteiger charge is -2.40. The molecule has 0 unspecified atom stereocenters. The number of hydrogen-bond acceptors (Lipinski definition) is 3. The van der Waals surface area contributed by atoms with E-state index < -0.39 is 7.38 Å². The molecule has 0 saturated carbocycles. The lowest BCUT2D eigenvalue weighted by molar-refractivity contribution is 0.100. The van der Waals surface area contributed by atoms with Crippen LogP contribution in [0.15, 0.2) is 11.3 Å². The summed E-state index contributed by atoms with van der Waals surface area (Å²) in [6, 6.07) is 0. The zero-order valence-electron chi connectivity index (χ0n) is 12.3. The average Bonchev–Trinajstić information content (AvgIpc) is 2.15. The Kier molecular flexibility index (Phi) is 5.27. The fourth-order valence-corrected chi connectivity index (χ4v) is 6.83. The Bertz CT molecular complexity index is 361. The molecule has 0 atom stereocenters. The second kappa shape index (κ2) is 5.50. The number of nitrogens with zero attached hydrogens (tertiary/aromatic N) is 2. The molecule has 0 aromatic heterocycles. The van der Waals surface area contributed by atoms with Crippen LogP contribution in [0.4, 0.5) is 0 Å². The van der Waals surface area contributed by atoms with Gasteiger partial charge in [-0.1, -0.05) is 41.5 Å². The van der Waals surface area contributed by atoms with Crippen molar-refractivity contribution in [2.45, 2.75) is 58.5 Å². The Morgan fingerprint density at radius 3 is 1.83 bits per heavy atom. The van der Waals surface area contributed by atoms with E-state index >= 15 is 0 Å². The molecule has 104 valence electrons. The van der Waals surface area contributed by atoms with Crippen LogP contribution < -0.4 is 0 Å². The fraction of sp³-hybridized carbons (Fsp3) is 0.833. The predicted molar refractivity (Wildman–Crippen MR) is 77.4 cm³/mol. The minimum atomic E-state index is -2.82. The molecule has 0 aromatic rings. The molecule has 18 heavy (non-hydrogen) atoms. The van der Waals surface area contributed by atoms with E-state index in [-0.39, 0.29) is 21.3 Å². The quantitative estimate of drug-likeness (QED) is 0.347. The number of hydrogen-bond donors (Lipinski definition) is 1. The number of diazo groups is 1. The first-order chi connectivity index (χ1) is 7.93. The van der Waals surface area contributed by atoms with Crippen LogP contribution >= 0.6 is 11.1 Å². The Hall–Kier alpha value is -0.733. The SMILES string of the molecule is CCO/C(O)=C(/[N+]#N)[Si](Cl)(C(C)(C)C)C(C)(C)C. The Morgan fingerprint density at radius 1 is 1.22 bits per heavy atom. The van der Waals surface area contributed by atoms with Crippen molar-refractivity contribution in [3.05, 3.63) is 16.2 Å². The van der Waals surface area contributed by atoms with Gasteiger partial charge in [0.2, 0.25) is 5.39 Å². The highest BCUT2D eigenvalue weighted by molar-refractivity contribution is 7.27. The van der Waals surface area contributed by atoms with E-state index in [0.29, 0.717) is 6.61 Å². The van der Waals surface area contributed by atoms with Gasteiger partial charge >= 0.3 is 18.6 Å². The normalized spacial score (nSPS) is 14.8. The molecule has 4 nitrogen and oxygen atoms in total. The van der Waals surface area contributed by atoms with Gasteiger partial charge in [-0.25, -0.2) is 0 Å². The molecule has 0 aliphatic carbocycles. The average molecular weight is 292 g/mol. The van der Waals surface area contributed by atoms with Crippen molar-refractivity contribution >= 4 is 18.5 Å². The molecule has 0 bridgehead atoms. The zero-order chi connectivity index (χ0) is 14.8. The van der Waals surface area contributed by atoms with Crippen LogP contribution in [0.3, 0.4) is 0 Å². The van der Waals surface area contributed by atoms with Crippen LogP contribution in [-0.2, 0) is 4.74 Å². The van der Waals surface area contributed by atoms with Crippen molar-refractivity contribution < 1.29 is 9.84 Å². The molecule has 0 fully saturated rings. The Labute approximate surface area is 115 Å². The van der Waals surface area contributed by atoms with Crippen molar-refractivity contribution in [1.82, 2.24) is 0 Å². The van der Waals surface area contributed by atoms with Gasteiger partial charge in [0.15, 0.2) is 4.98 Å². The van der Waals surface area contributed by atoms with Crippen molar-refractivity contribution in [3.8, 4) is 0 Å². The van der Waals surface area contributed by atoms with Gasteiger partial charge in [-0.05, 0) is 17.0 Å². The Morgan fingerprint density at radius 2 is 1.61 bits per heavy atom. The summed E-state index contributed by atoms with van der Waals surface area (Å²) in [6.07, 6.45) is 0. The molecule has 0 radical (unpaired) electrons. The maximum atomic E-state index is 9.93. The van der Waals surface area contributed by atoms with E-state index in [1.165, 1.54) is 0 Å². The minimum absolute atomic E-state index is 0.103. The van der Waals surface area contributed by atoms with Crippen LogP contribution in [0.2, 0.25) is 10.1 Å². The largest absolute Gasteiger partial charge is 0.476 e. The second-order valence-electron chi connectivity index (χ2n) is 6.35. The summed E-state index contributed by atoms with van der Waals surface area (Å²) in [4.78, 5) is 3.25. The molecular formula is C12H24ClN2O2Si+. The van der Waals surface area contributed by atoms with Crippen LogP contribution in [0.1, 0.15) is 48.5 Å². The van der Waals surface area contributed by atoms with Gasteiger partial charge in [-0.2, -0.15) is 0 Å². The van der Waals surface area contributed by atoms with E-state index in [2.05, 4.69) is 4.98 Å². The van der Waals surface area contributed by atoms with Crippen molar-refractivity contribution in [1.29, 1.82) is 5.39 Å². The van der Waals surface area contributed by atoms with Gasteiger partial charge in [0.25, 0.3) is 0 Å². The summed E-state index contributed by atoms with van der Waals surface area (Å²) >= 11 is 6.88. The third-order valence-electron chi connectivity index (χ3n) is 2.98. The highest BCUT2D eigenvalue weighted by Crippen LogP contribution is 2.57. The predicted octanol–water partition coefficient (Wildman–Crippen LogP) is 4.93. The summed E-state index contributed by atoms with van der Waals surface area (Å²) in [6.45, 7) is 14.0. The van der Waals surface area contributed by atoms with Crippen molar-refractivity contribution in [3.63, 3.8) is 0 Å². The van der Waals surface area contributed by atoms with E-state index in [1.807, 2.05) is 41.5 Å². The molecule has 0 aromatic carbocycles. The highest BCUT2D eigenvalue weighted by Gasteiger charge is 2.65. The standard InChI is InChI=1S/C12H23ClN2O2Si/c1-8-17-10(16)9(15-14)18(13,11(2,3)4)12(5,6)7/h8H2,1-7H3/p+1/b10-9-. The first kappa shape index (κ1) is 17.3. The fourth-order valence-electron chi connectivity index (χ4n) is 2.30. The smallest absolute Gasteiger partial charge is 0.422 e. The summed E-state index contributed by atoms with van der Waals surface area (Å²) in [5.74, 6) is -0.369. The highest BCUT2D eigenvalue weighted by atomic mass is 35.6. The monoisotopic (exact) mass is 291 g/mol. The van der Waals surface area contributed by atoms with Crippen LogP contribution in [-0.4, -0.2) is 19.1 Å². The van der Waals surface area contributed by atoms with Gasteiger partial charge in [-0.3, -0.25) is 0 Å². The lowest BCUT2D eigenvalue weighted by Crippen LogP contribution is -2.48. The maximum Gasteiger partial charge on any atom is 0.422 e. The number of ether oxygens (including phenoxy) is 1. The van der Waals surface area contributed by atoms with E-state index in [9.17, 15) is 10.5 Å². The molecule has 0 rings (SSSR count). The van der Waals surface area contributed by atoms with Gasteiger partial charge in [-0.15, -0.1) is 11.1 Å². The zero-order valence-corrected chi connectivity index (χ0v) is 14.1. The number of rotatable bonds is 3. The van der Waals surface area contributed by atoms with Gasteiger partial charge < -0.3 is 9.84 Å². The van der Waals surface area contributed by atoms with E-state index in [4.69, 9.17) is 15.8 Å². The molecule has 0 saturated heterocycles. The first-order valence-corrected chi connectivity index (χ1v) is 9.05. The van der Waals surface area contributed by atoms with Crippen LogP contribution in [0, 0.1) is 5.39 Å². The number of halogens is 1. The molecule has 1 N–H and O–H groups in total. The molecular weight excluding hydrogens is 268 g/mol. The molecule has 6 heteroatoms. The van der Waals surface area contributed by atoms with E-state index in [0.717, 1.165) is 0 Å². The third kappa shape index (κ3) is 2.98. The third-order valence-corrected chi connectivity index (χ3v) is 12.0. The maximum absolute atomic E-state index is 9.93. The first-order valence-electron chi connectivity index (χ1n) is 6.04. The van der Waals surface area contributed by atoms with Crippen LogP contribution in [0.25, 0.3) is 4.98 Å². The van der Waals surface area contributed by atoms with Crippen molar-refractivity contribution in [2.75, 3.05) is 6.61 Å². The number of aliphatic hydroxyl groups excluding tert-OH is 1. The van der Waals surface area contributed by atoms with E-state index in [1.54, 1.807) is 6.92 Å². The Balaban J connectivity index is 6.07.